The van der Waals surface area contributed by atoms with Crippen LogP contribution >= 0.6 is 15.9 Å². The minimum Gasteiger partial charge on any atom is -0.460 e. The summed E-state index contributed by atoms with van der Waals surface area (Å²) >= 11 is 3.26. The van der Waals surface area contributed by atoms with E-state index in [4.69, 9.17) is 4.74 Å². The van der Waals surface area contributed by atoms with Crippen LogP contribution in [0, 0.1) is 5.82 Å². The molecule has 7 heteroatoms. The Morgan fingerprint density at radius 3 is 2.89 bits per heavy atom. The summed E-state index contributed by atoms with van der Waals surface area (Å²) in [6.07, 6.45) is 0. The van der Waals surface area contributed by atoms with Crippen LogP contribution in [0.2, 0.25) is 0 Å². The van der Waals surface area contributed by atoms with E-state index in [-0.39, 0.29) is 23.8 Å². The first-order valence-corrected chi connectivity index (χ1v) is 6.36. The molecule has 1 aromatic carbocycles. The van der Waals surface area contributed by atoms with E-state index >= 15 is 0 Å². The number of hydrogen-bond donors (Lipinski definition) is 0. The molecule has 0 aliphatic rings. The molecule has 0 radical (unpaired) electrons. The molecule has 0 atom stereocenters. The molecule has 0 fully saturated rings. The van der Waals surface area contributed by atoms with Crippen molar-refractivity contribution in [2.24, 2.45) is 7.05 Å². The summed E-state index contributed by atoms with van der Waals surface area (Å²) in [5.74, 6) is -0.903. The van der Waals surface area contributed by atoms with Gasteiger partial charge in [0.2, 0.25) is 0 Å². The van der Waals surface area contributed by atoms with Crippen molar-refractivity contribution in [3.05, 3.63) is 34.3 Å². The average molecular weight is 328 g/mol. The van der Waals surface area contributed by atoms with Gasteiger partial charge in [0.05, 0.1) is 12.2 Å². The molecule has 0 N–H and O–H groups in total. The maximum atomic E-state index is 13.8. The molecular weight excluding hydrogens is 317 g/mol. The van der Waals surface area contributed by atoms with Gasteiger partial charge in [-0.2, -0.15) is 0 Å². The molecule has 2 rings (SSSR count). The fourth-order valence-corrected chi connectivity index (χ4v) is 2.12. The number of nitrogens with zero attached hydrogens (tertiary/aromatic N) is 3. The minimum atomic E-state index is -0.628. The molecule has 19 heavy (non-hydrogen) atoms. The van der Waals surface area contributed by atoms with Crippen molar-refractivity contribution in [1.82, 2.24) is 14.8 Å². The highest BCUT2D eigenvalue weighted by Crippen LogP contribution is 2.29. The van der Waals surface area contributed by atoms with Crippen molar-refractivity contribution in [1.29, 1.82) is 0 Å². The number of halogens is 2. The zero-order chi connectivity index (χ0) is 14.0. The summed E-state index contributed by atoms with van der Waals surface area (Å²) < 4.78 is 20.5. The smallest absolute Gasteiger partial charge is 0.378 e. The van der Waals surface area contributed by atoms with Crippen molar-refractivity contribution in [3.63, 3.8) is 0 Å². The van der Waals surface area contributed by atoms with Crippen LogP contribution in [0.1, 0.15) is 17.5 Å². The van der Waals surface area contributed by atoms with Crippen LogP contribution in [0.3, 0.4) is 0 Å². The van der Waals surface area contributed by atoms with Gasteiger partial charge in [-0.1, -0.05) is 6.07 Å². The molecule has 100 valence electrons. The predicted octanol–water partition coefficient (Wildman–Crippen LogP) is 2.56. The molecule has 5 nitrogen and oxygen atoms in total. The Hall–Kier alpha value is -1.76. The van der Waals surface area contributed by atoms with Gasteiger partial charge in [-0.25, -0.2) is 18.9 Å². The highest BCUT2D eigenvalue weighted by Gasteiger charge is 2.20. The van der Waals surface area contributed by atoms with Gasteiger partial charge in [0.1, 0.15) is 5.82 Å². The molecular formula is C12H11BrFN3O2. The van der Waals surface area contributed by atoms with Crippen LogP contribution in [0.4, 0.5) is 4.39 Å². The van der Waals surface area contributed by atoms with Crippen LogP contribution in [0.15, 0.2) is 22.7 Å². The minimum absolute atomic E-state index is 0.0884. The van der Waals surface area contributed by atoms with E-state index in [2.05, 4.69) is 26.0 Å². The number of rotatable bonds is 3. The zero-order valence-corrected chi connectivity index (χ0v) is 11.9. The molecule has 0 aliphatic heterocycles. The maximum absolute atomic E-state index is 13.8. The lowest BCUT2D eigenvalue weighted by molar-refractivity contribution is 0.0512. The first kappa shape index (κ1) is 13.7. The Balaban J connectivity index is 2.49. The van der Waals surface area contributed by atoms with Gasteiger partial charge in [0, 0.05) is 11.5 Å². The molecule has 2 aromatic rings. The largest absolute Gasteiger partial charge is 0.460 e. The first-order chi connectivity index (χ1) is 9.04. The lowest BCUT2D eigenvalue weighted by Gasteiger charge is -2.04. The van der Waals surface area contributed by atoms with Crippen LogP contribution in [-0.4, -0.2) is 27.3 Å². The third-order valence-corrected chi connectivity index (χ3v) is 3.07. The lowest BCUT2D eigenvalue weighted by Crippen LogP contribution is -2.07. The quantitative estimate of drug-likeness (QED) is 0.813. The van der Waals surface area contributed by atoms with E-state index < -0.39 is 11.8 Å². The van der Waals surface area contributed by atoms with E-state index in [9.17, 15) is 9.18 Å². The Morgan fingerprint density at radius 2 is 2.26 bits per heavy atom. The fraction of sp³-hybridized carbons (Fsp3) is 0.250. The van der Waals surface area contributed by atoms with Gasteiger partial charge in [-0.05, 0) is 35.0 Å². The van der Waals surface area contributed by atoms with E-state index in [1.165, 1.54) is 10.7 Å². The topological polar surface area (TPSA) is 57.0 Å². The van der Waals surface area contributed by atoms with E-state index in [1.54, 1.807) is 26.1 Å². The number of hydrogen-bond acceptors (Lipinski definition) is 4. The molecule has 0 unspecified atom stereocenters. The second-order valence-electron chi connectivity index (χ2n) is 3.70. The van der Waals surface area contributed by atoms with Crippen molar-refractivity contribution >= 4 is 21.9 Å². The zero-order valence-electron chi connectivity index (χ0n) is 10.4. The fourth-order valence-electron chi connectivity index (χ4n) is 1.60. The molecule has 0 amide bonds. The summed E-state index contributed by atoms with van der Waals surface area (Å²) in [5.41, 5.74) is 0.257. The summed E-state index contributed by atoms with van der Waals surface area (Å²) in [6, 6.07) is 4.58. The van der Waals surface area contributed by atoms with Crippen LogP contribution in [0.25, 0.3) is 11.4 Å². The molecule has 1 heterocycles. The predicted molar refractivity (Wildman–Crippen MR) is 70.1 cm³/mol. The van der Waals surface area contributed by atoms with Crippen LogP contribution in [0.5, 0.6) is 0 Å². The second kappa shape index (κ2) is 5.48. The molecule has 0 saturated heterocycles. The molecule has 0 aliphatic carbocycles. The standard InChI is InChI=1S/C12H11BrFN3O2/c1-3-19-12(18)10-15-11(17(2)16-10)9-7(13)5-4-6-8(9)14/h4-6H,3H2,1-2H3. The average Bonchev–Trinajstić information content (AvgIpc) is 2.72. The van der Waals surface area contributed by atoms with Crippen molar-refractivity contribution < 1.29 is 13.9 Å². The third-order valence-electron chi connectivity index (χ3n) is 2.41. The summed E-state index contributed by atoms with van der Waals surface area (Å²) in [4.78, 5) is 15.6. The summed E-state index contributed by atoms with van der Waals surface area (Å²) in [7, 11) is 1.59. The van der Waals surface area contributed by atoms with E-state index in [1.807, 2.05) is 0 Å². The number of benzene rings is 1. The number of esters is 1. The highest BCUT2D eigenvalue weighted by atomic mass is 79.9. The normalized spacial score (nSPS) is 10.5. The number of ether oxygens (including phenoxy) is 1. The van der Waals surface area contributed by atoms with Gasteiger partial charge in [-0.15, -0.1) is 5.10 Å². The lowest BCUT2D eigenvalue weighted by atomic mass is 10.2. The number of carbonyl (C=O) groups excluding carboxylic acids is 1. The number of aromatic nitrogens is 3. The van der Waals surface area contributed by atoms with Gasteiger partial charge in [-0.3, -0.25) is 0 Å². The van der Waals surface area contributed by atoms with Gasteiger partial charge >= 0.3 is 5.97 Å². The van der Waals surface area contributed by atoms with E-state index in [0.717, 1.165) is 0 Å². The second-order valence-corrected chi connectivity index (χ2v) is 4.55. The van der Waals surface area contributed by atoms with Crippen LogP contribution < -0.4 is 0 Å². The number of carbonyl (C=O) groups is 1. The Bertz CT molecular complexity index is 607. The number of aryl methyl sites for hydroxylation is 1. The maximum Gasteiger partial charge on any atom is 0.378 e. The molecule has 0 spiro atoms. The summed E-state index contributed by atoms with van der Waals surface area (Å²) in [5, 5.41) is 3.93. The SMILES string of the molecule is CCOC(=O)c1nc(-c2c(F)cccc2Br)n(C)n1. The highest BCUT2D eigenvalue weighted by molar-refractivity contribution is 9.10. The molecule has 1 aromatic heterocycles. The molecule has 0 saturated carbocycles. The third kappa shape index (κ3) is 2.65. The first-order valence-electron chi connectivity index (χ1n) is 5.57. The Labute approximate surface area is 117 Å². The van der Waals surface area contributed by atoms with Crippen molar-refractivity contribution in [3.8, 4) is 11.4 Å². The monoisotopic (exact) mass is 327 g/mol. The van der Waals surface area contributed by atoms with Crippen molar-refractivity contribution in [2.75, 3.05) is 6.61 Å². The Morgan fingerprint density at radius 1 is 1.53 bits per heavy atom. The van der Waals surface area contributed by atoms with E-state index in [0.29, 0.717) is 4.47 Å². The van der Waals surface area contributed by atoms with Gasteiger partial charge in [0.15, 0.2) is 5.82 Å². The Kier molecular flexibility index (Phi) is 3.94. The van der Waals surface area contributed by atoms with Crippen molar-refractivity contribution in [2.45, 2.75) is 6.92 Å². The molecule has 0 bridgehead atoms. The van der Waals surface area contributed by atoms with Crippen LogP contribution in [-0.2, 0) is 11.8 Å². The summed E-state index contributed by atoms with van der Waals surface area (Å²) in [6.45, 7) is 1.92. The van der Waals surface area contributed by atoms with Gasteiger partial charge in [0.25, 0.3) is 5.82 Å². The van der Waals surface area contributed by atoms with Gasteiger partial charge < -0.3 is 4.74 Å².